The number of rotatable bonds is 1. The molecule has 0 saturated heterocycles. The summed E-state index contributed by atoms with van der Waals surface area (Å²) in [6.45, 7) is 6.49. The van der Waals surface area contributed by atoms with Crippen molar-refractivity contribution < 1.29 is 19.5 Å². The number of fused-ring (bicyclic) bond motifs is 1. The third-order valence-corrected chi connectivity index (χ3v) is 4.08. The van der Waals surface area contributed by atoms with Crippen LogP contribution in [-0.2, 0) is 17.7 Å². The molecule has 110 valence electrons. The number of hydrogen-bond acceptors (Lipinski definition) is 5. The van der Waals surface area contributed by atoms with Gasteiger partial charge in [0.1, 0.15) is 5.60 Å². The van der Waals surface area contributed by atoms with Crippen LogP contribution < -0.4 is 5.48 Å². The van der Waals surface area contributed by atoms with E-state index in [-0.39, 0.29) is 6.09 Å². The van der Waals surface area contributed by atoms with Gasteiger partial charge in [-0.05, 0) is 38.8 Å². The Hall–Kier alpha value is -1.60. The number of hydrogen-bond donors (Lipinski definition) is 2. The molecule has 0 aromatic carbocycles. The normalized spacial score (nSPS) is 14.7. The third kappa shape index (κ3) is 3.29. The first-order valence-corrected chi connectivity index (χ1v) is 7.16. The molecule has 2 rings (SSSR count). The van der Waals surface area contributed by atoms with Crippen LogP contribution in [0.15, 0.2) is 6.07 Å². The molecular formula is C13H18N2O4S. The maximum atomic E-state index is 12.0. The van der Waals surface area contributed by atoms with Crippen LogP contribution in [0.3, 0.4) is 0 Å². The summed E-state index contributed by atoms with van der Waals surface area (Å²) in [7, 11) is 0. The zero-order valence-corrected chi connectivity index (χ0v) is 12.5. The Labute approximate surface area is 121 Å². The highest BCUT2D eigenvalue weighted by atomic mass is 32.1. The van der Waals surface area contributed by atoms with E-state index in [1.165, 1.54) is 11.3 Å². The van der Waals surface area contributed by atoms with E-state index in [1.807, 2.05) is 20.8 Å². The van der Waals surface area contributed by atoms with Gasteiger partial charge in [0, 0.05) is 11.4 Å². The van der Waals surface area contributed by atoms with Crippen LogP contribution in [0.2, 0.25) is 0 Å². The Balaban J connectivity index is 2.09. The van der Waals surface area contributed by atoms with Gasteiger partial charge in [0.15, 0.2) is 0 Å². The van der Waals surface area contributed by atoms with Crippen molar-refractivity contribution in [2.24, 2.45) is 0 Å². The first-order chi connectivity index (χ1) is 9.30. The molecule has 6 nitrogen and oxygen atoms in total. The molecule has 2 heterocycles. The quantitative estimate of drug-likeness (QED) is 0.615. The van der Waals surface area contributed by atoms with Crippen molar-refractivity contribution in [2.45, 2.75) is 39.3 Å². The number of nitrogens with one attached hydrogen (secondary N) is 1. The largest absolute Gasteiger partial charge is 0.444 e. The molecule has 0 aliphatic carbocycles. The summed E-state index contributed by atoms with van der Waals surface area (Å²) in [6.07, 6.45) is 0.348. The Morgan fingerprint density at radius 3 is 2.75 bits per heavy atom. The molecule has 0 saturated carbocycles. The molecule has 1 aliphatic heterocycles. The molecule has 0 radical (unpaired) electrons. The summed E-state index contributed by atoms with van der Waals surface area (Å²) in [4.78, 5) is 26.5. The zero-order chi connectivity index (χ0) is 14.9. The minimum atomic E-state index is -0.520. The first-order valence-electron chi connectivity index (χ1n) is 6.34. The molecule has 1 aromatic rings. The highest BCUT2D eigenvalue weighted by Gasteiger charge is 2.27. The van der Waals surface area contributed by atoms with E-state index >= 15 is 0 Å². The van der Waals surface area contributed by atoms with Crippen molar-refractivity contribution in [2.75, 3.05) is 6.54 Å². The smallest absolute Gasteiger partial charge is 0.410 e. The topological polar surface area (TPSA) is 78.9 Å². The van der Waals surface area contributed by atoms with Crippen LogP contribution in [0.4, 0.5) is 4.79 Å². The van der Waals surface area contributed by atoms with E-state index in [1.54, 1.807) is 16.4 Å². The van der Waals surface area contributed by atoms with Gasteiger partial charge >= 0.3 is 6.09 Å². The number of thiophene rings is 1. The Morgan fingerprint density at radius 2 is 2.15 bits per heavy atom. The van der Waals surface area contributed by atoms with Crippen molar-refractivity contribution in [3.8, 4) is 0 Å². The number of amides is 2. The standard InChI is InChI=1S/C13H18N2O4S/c1-13(2,3)19-12(17)15-5-4-9-8(7-15)6-10(20-9)11(16)14-18/h6,18H,4-5,7H2,1-3H3,(H,14,16). The second kappa shape index (κ2) is 5.41. The van der Waals surface area contributed by atoms with Gasteiger partial charge in [0.2, 0.25) is 0 Å². The maximum Gasteiger partial charge on any atom is 0.410 e. The SMILES string of the molecule is CC(C)(C)OC(=O)N1CCc2sc(C(=O)NO)cc2C1. The summed E-state index contributed by atoms with van der Waals surface area (Å²) in [6, 6.07) is 1.71. The number of hydroxylamine groups is 1. The van der Waals surface area contributed by atoms with Crippen molar-refractivity contribution in [1.29, 1.82) is 0 Å². The van der Waals surface area contributed by atoms with E-state index in [9.17, 15) is 9.59 Å². The van der Waals surface area contributed by atoms with E-state index < -0.39 is 11.5 Å². The molecule has 1 aliphatic rings. The maximum absolute atomic E-state index is 12.0. The lowest BCUT2D eigenvalue weighted by Gasteiger charge is -2.29. The average Bonchev–Trinajstić information content (AvgIpc) is 2.78. The Kier molecular flexibility index (Phi) is 4.01. The van der Waals surface area contributed by atoms with E-state index in [0.29, 0.717) is 24.4 Å². The Morgan fingerprint density at radius 1 is 1.45 bits per heavy atom. The molecular weight excluding hydrogens is 280 g/mol. The van der Waals surface area contributed by atoms with E-state index in [0.717, 1.165) is 10.4 Å². The van der Waals surface area contributed by atoms with Gasteiger partial charge in [-0.2, -0.15) is 0 Å². The molecule has 20 heavy (non-hydrogen) atoms. The van der Waals surface area contributed by atoms with Crippen LogP contribution in [0.25, 0.3) is 0 Å². The van der Waals surface area contributed by atoms with Gasteiger partial charge in [-0.1, -0.05) is 0 Å². The van der Waals surface area contributed by atoms with Crippen molar-refractivity contribution in [3.63, 3.8) is 0 Å². The highest BCUT2D eigenvalue weighted by molar-refractivity contribution is 7.14. The van der Waals surface area contributed by atoms with Gasteiger partial charge in [0.05, 0.1) is 11.4 Å². The number of carbonyl (C=O) groups excluding carboxylic acids is 2. The fourth-order valence-electron chi connectivity index (χ4n) is 1.98. The summed E-state index contributed by atoms with van der Waals surface area (Å²) in [5, 5.41) is 8.64. The van der Waals surface area contributed by atoms with Crippen molar-refractivity contribution in [1.82, 2.24) is 10.4 Å². The number of ether oxygens (including phenoxy) is 1. The highest BCUT2D eigenvalue weighted by Crippen LogP contribution is 2.28. The molecule has 0 bridgehead atoms. The van der Waals surface area contributed by atoms with Gasteiger partial charge in [-0.25, -0.2) is 10.3 Å². The third-order valence-electron chi connectivity index (χ3n) is 2.84. The van der Waals surface area contributed by atoms with E-state index in [4.69, 9.17) is 9.94 Å². The summed E-state index contributed by atoms with van der Waals surface area (Å²) < 4.78 is 5.34. The lowest BCUT2D eigenvalue weighted by Crippen LogP contribution is -2.39. The van der Waals surface area contributed by atoms with Gasteiger partial charge < -0.3 is 9.64 Å². The van der Waals surface area contributed by atoms with E-state index in [2.05, 4.69) is 0 Å². The molecule has 0 atom stereocenters. The molecule has 0 spiro atoms. The number of nitrogens with zero attached hydrogens (tertiary/aromatic N) is 1. The zero-order valence-electron chi connectivity index (χ0n) is 11.7. The summed E-state index contributed by atoms with van der Waals surface area (Å²) in [5.41, 5.74) is 2.04. The predicted molar refractivity (Wildman–Crippen MR) is 73.9 cm³/mol. The fraction of sp³-hybridized carbons (Fsp3) is 0.538. The van der Waals surface area contributed by atoms with Gasteiger partial charge in [-0.15, -0.1) is 11.3 Å². The molecule has 2 N–H and O–H groups in total. The van der Waals surface area contributed by atoms with Crippen molar-refractivity contribution in [3.05, 3.63) is 21.4 Å². The monoisotopic (exact) mass is 298 g/mol. The minimum Gasteiger partial charge on any atom is -0.444 e. The van der Waals surface area contributed by atoms with Crippen molar-refractivity contribution >= 4 is 23.3 Å². The Bertz CT molecular complexity index is 533. The van der Waals surface area contributed by atoms with Crippen LogP contribution in [0.5, 0.6) is 0 Å². The number of carbonyl (C=O) groups is 2. The second-order valence-electron chi connectivity index (χ2n) is 5.65. The van der Waals surface area contributed by atoms with Crippen LogP contribution in [-0.4, -0.2) is 34.3 Å². The predicted octanol–water partition coefficient (Wildman–Crippen LogP) is 2.16. The average molecular weight is 298 g/mol. The first kappa shape index (κ1) is 14.8. The molecule has 2 amide bonds. The molecule has 1 aromatic heterocycles. The summed E-state index contributed by atoms with van der Waals surface area (Å²) in [5.74, 6) is -0.520. The van der Waals surface area contributed by atoms with Gasteiger partial charge in [-0.3, -0.25) is 10.0 Å². The molecule has 0 unspecified atom stereocenters. The summed E-state index contributed by atoms with van der Waals surface area (Å²) >= 11 is 1.34. The lowest BCUT2D eigenvalue weighted by molar-refractivity contribution is 0.0225. The lowest BCUT2D eigenvalue weighted by atomic mass is 10.1. The molecule has 7 heteroatoms. The molecule has 0 fully saturated rings. The van der Waals surface area contributed by atoms with Crippen LogP contribution in [0, 0.1) is 0 Å². The fourth-order valence-corrected chi connectivity index (χ4v) is 3.04. The minimum absolute atomic E-state index is 0.345. The van der Waals surface area contributed by atoms with Crippen LogP contribution in [0.1, 0.15) is 40.9 Å². The van der Waals surface area contributed by atoms with Gasteiger partial charge in [0.25, 0.3) is 5.91 Å². The second-order valence-corrected chi connectivity index (χ2v) is 6.79. The van der Waals surface area contributed by atoms with Crippen LogP contribution >= 0.6 is 11.3 Å².